The molecule has 0 aliphatic carbocycles. The van der Waals surface area contributed by atoms with Crippen LogP contribution in [-0.2, 0) is 22.5 Å². The summed E-state index contributed by atoms with van der Waals surface area (Å²) in [7, 11) is 1.76. The van der Waals surface area contributed by atoms with Gasteiger partial charge in [0.05, 0.1) is 12.7 Å². The maximum atomic E-state index is 6.54. The van der Waals surface area contributed by atoms with E-state index in [1.807, 2.05) is 48.5 Å². The summed E-state index contributed by atoms with van der Waals surface area (Å²) in [5.74, 6) is 1.13. The Morgan fingerprint density at radius 3 is 2.06 bits per heavy atom. The third-order valence-electron chi connectivity index (χ3n) is 5.61. The van der Waals surface area contributed by atoms with E-state index in [0.29, 0.717) is 13.2 Å². The first-order valence-corrected chi connectivity index (χ1v) is 11.1. The van der Waals surface area contributed by atoms with Gasteiger partial charge in [-0.2, -0.15) is 0 Å². The second-order valence-corrected chi connectivity index (χ2v) is 8.13. The molecule has 31 heavy (non-hydrogen) atoms. The van der Waals surface area contributed by atoms with Crippen molar-refractivity contribution in [2.45, 2.75) is 45.5 Å². The second kappa shape index (κ2) is 12.3. The number of para-hydroxylation sites is 1. The van der Waals surface area contributed by atoms with Gasteiger partial charge >= 0.3 is 0 Å². The maximum absolute atomic E-state index is 6.54. The standard InChI is InChI=1S/C28H34O3/c1-22-14-16-24(17-15-22)20-26(18-19-29-3)28(31-27-12-8-5-9-13-27)23(2)30-21-25-10-6-4-7-11-25/h4-17,23,26,28H,18-21H2,1-3H3/t23-,26+,28-/m0/s1. The molecular formula is C28H34O3. The van der Waals surface area contributed by atoms with E-state index in [1.54, 1.807) is 7.11 Å². The molecule has 0 aromatic heterocycles. The van der Waals surface area contributed by atoms with Crippen molar-refractivity contribution in [3.63, 3.8) is 0 Å². The molecule has 0 unspecified atom stereocenters. The molecule has 0 fully saturated rings. The number of methoxy groups -OCH3 is 1. The quantitative estimate of drug-likeness (QED) is 0.348. The number of aryl methyl sites for hydroxylation is 1. The lowest BCUT2D eigenvalue weighted by molar-refractivity contribution is -0.0516. The summed E-state index contributed by atoms with van der Waals surface area (Å²) in [5, 5.41) is 0. The smallest absolute Gasteiger partial charge is 0.128 e. The summed E-state index contributed by atoms with van der Waals surface area (Å²) < 4.78 is 18.3. The second-order valence-electron chi connectivity index (χ2n) is 8.13. The Bertz CT molecular complexity index is 862. The van der Waals surface area contributed by atoms with E-state index < -0.39 is 0 Å². The molecule has 3 atom stereocenters. The lowest BCUT2D eigenvalue weighted by Crippen LogP contribution is -2.40. The first-order chi connectivity index (χ1) is 15.2. The molecule has 0 amide bonds. The normalized spacial score (nSPS) is 14.0. The largest absolute Gasteiger partial charge is 0.487 e. The summed E-state index contributed by atoms with van der Waals surface area (Å²) >= 11 is 0. The van der Waals surface area contributed by atoms with Crippen LogP contribution < -0.4 is 4.74 Å². The summed E-state index contributed by atoms with van der Waals surface area (Å²) in [4.78, 5) is 0. The molecule has 3 heteroatoms. The fraction of sp³-hybridized carbons (Fsp3) is 0.357. The molecular weight excluding hydrogens is 384 g/mol. The van der Waals surface area contributed by atoms with Crippen LogP contribution in [0.15, 0.2) is 84.9 Å². The third kappa shape index (κ3) is 7.54. The molecule has 0 bridgehead atoms. The highest BCUT2D eigenvalue weighted by atomic mass is 16.5. The van der Waals surface area contributed by atoms with Gasteiger partial charge in [0.15, 0.2) is 0 Å². The average molecular weight is 419 g/mol. The minimum Gasteiger partial charge on any atom is -0.487 e. The molecule has 164 valence electrons. The Morgan fingerprint density at radius 1 is 0.774 bits per heavy atom. The highest BCUT2D eigenvalue weighted by Crippen LogP contribution is 2.26. The fourth-order valence-electron chi connectivity index (χ4n) is 3.81. The average Bonchev–Trinajstić information content (AvgIpc) is 2.81. The Morgan fingerprint density at radius 2 is 1.42 bits per heavy atom. The van der Waals surface area contributed by atoms with Crippen molar-refractivity contribution in [3.05, 3.63) is 102 Å². The lowest BCUT2D eigenvalue weighted by Gasteiger charge is -2.32. The molecule has 3 aromatic carbocycles. The molecule has 0 radical (unpaired) electrons. The highest BCUT2D eigenvalue weighted by molar-refractivity contribution is 5.23. The van der Waals surface area contributed by atoms with Gasteiger partial charge < -0.3 is 14.2 Å². The van der Waals surface area contributed by atoms with Crippen LogP contribution in [0.3, 0.4) is 0 Å². The van der Waals surface area contributed by atoms with Crippen LogP contribution in [0.2, 0.25) is 0 Å². The van der Waals surface area contributed by atoms with Gasteiger partial charge in [0.2, 0.25) is 0 Å². The zero-order chi connectivity index (χ0) is 21.9. The summed E-state index contributed by atoms with van der Waals surface area (Å²) in [6.45, 7) is 5.49. The Kier molecular flexibility index (Phi) is 9.14. The molecule has 0 saturated heterocycles. The molecule has 0 heterocycles. The zero-order valence-corrected chi connectivity index (χ0v) is 18.9. The maximum Gasteiger partial charge on any atom is 0.128 e. The van der Waals surface area contributed by atoms with Crippen LogP contribution >= 0.6 is 0 Å². The van der Waals surface area contributed by atoms with E-state index >= 15 is 0 Å². The highest BCUT2D eigenvalue weighted by Gasteiger charge is 2.30. The summed E-state index contributed by atoms with van der Waals surface area (Å²) in [5.41, 5.74) is 3.75. The van der Waals surface area contributed by atoms with E-state index in [0.717, 1.165) is 18.6 Å². The van der Waals surface area contributed by atoms with Crippen LogP contribution in [0.25, 0.3) is 0 Å². The molecule has 3 aromatic rings. The number of hydrogen-bond acceptors (Lipinski definition) is 3. The topological polar surface area (TPSA) is 27.7 Å². The van der Waals surface area contributed by atoms with Gasteiger partial charge in [0.25, 0.3) is 0 Å². The zero-order valence-electron chi connectivity index (χ0n) is 18.9. The van der Waals surface area contributed by atoms with Crippen molar-refractivity contribution in [3.8, 4) is 5.75 Å². The molecule has 0 aliphatic rings. The number of ether oxygens (including phenoxy) is 3. The van der Waals surface area contributed by atoms with Gasteiger partial charge in [-0.15, -0.1) is 0 Å². The van der Waals surface area contributed by atoms with Gasteiger partial charge in [0, 0.05) is 19.6 Å². The molecule has 0 saturated carbocycles. The van der Waals surface area contributed by atoms with Gasteiger partial charge in [-0.25, -0.2) is 0 Å². The first-order valence-electron chi connectivity index (χ1n) is 11.1. The lowest BCUT2D eigenvalue weighted by atomic mass is 9.88. The minimum atomic E-state index is -0.0948. The molecule has 0 N–H and O–H groups in total. The summed E-state index contributed by atoms with van der Waals surface area (Å²) in [6, 6.07) is 29.1. The molecule has 0 spiro atoms. The van der Waals surface area contributed by atoms with Crippen molar-refractivity contribution < 1.29 is 14.2 Å². The van der Waals surface area contributed by atoms with Crippen LogP contribution in [0.1, 0.15) is 30.0 Å². The van der Waals surface area contributed by atoms with E-state index in [1.165, 1.54) is 16.7 Å². The van der Waals surface area contributed by atoms with Crippen LogP contribution in [0.4, 0.5) is 0 Å². The molecule has 0 aliphatic heterocycles. The fourth-order valence-corrected chi connectivity index (χ4v) is 3.81. The Labute approximate surface area is 187 Å². The van der Waals surface area contributed by atoms with Crippen molar-refractivity contribution in [1.29, 1.82) is 0 Å². The Balaban J connectivity index is 1.79. The van der Waals surface area contributed by atoms with E-state index in [2.05, 4.69) is 50.2 Å². The molecule has 3 nitrogen and oxygen atoms in total. The van der Waals surface area contributed by atoms with Crippen molar-refractivity contribution >= 4 is 0 Å². The Hall–Kier alpha value is -2.62. The van der Waals surface area contributed by atoms with Gasteiger partial charge in [-0.3, -0.25) is 0 Å². The van der Waals surface area contributed by atoms with Crippen LogP contribution in [0.5, 0.6) is 5.75 Å². The van der Waals surface area contributed by atoms with Crippen molar-refractivity contribution in [2.75, 3.05) is 13.7 Å². The van der Waals surface area contributed by atoms with Crippen molar-refractivity contribution in [2.24, 2.45) is 5.92 Å². The van der Waals surface area contributed by atoms with E-state index in [4.69, 9.17) is 14.2 Å². The number of benzene rings is 3. The minimum absolute atomic E-state index is 0.0762. The first kappa shape index (κ1) is 23.1. The summed E-state index contributed by atoms with van der Waals surface area (Å²) in [6.07, 6.45) is 1.65. The predicted octanol–water partition coefficient (Wildman–Crippen LogP) is 6.24. The molecule has 3 rings (SSSR count). The van der Waals surface area contributed by atoms with Crippen LogP contribution in [0, 0.1) is 12.8 Å². The van der Waals surface area contributed by atoms with Crippen LogP contribution in [-0.4, -0.2) is 25.9 Å². The third-order valence-corrected chi connectivity index (χ3v) is 5.61. The SMILES string of the molecule is COCC[C@H](Cc1ccc(C)cc1)[C@@H](Oc1ccccc1)[C@H](C)OCc1ccccc1. The van der Waals surface area contributed by atoms with Gasteiger partial charge in [-0.1, -0.05) is 78.4 Å². The monoisotopic (exact) mass is 418 g/mol. The van der Waals surface area contributed by atoms with E-state index in [9.17, 15) is 0 Å². The number of rotatable bonds is 12. The number of hydrogen-bond donors (Lipinski definition) is 0. The van der Waals surface area contributed by atoms with Gasteiger partial charge in [0.1, 0.15) is 11.9 Å². The predicted molar refractivity (Wildman–Crippen MR) is 126 cm³/mol. The van der Waals surface area contributed by atoms with Crippen molar-refractivity contribution in [1.82, 2.24) is 0 Å². The van der Waals surface area contributed by atoms with E-state index in [-0.39, 0.29) is 18.1 Å². The van der Waals surface area contributed by atoms with Gasteiger partial charge in [-0.05, 0) is 49.9 Å².